The zero-order valence-electron chi connectivity index (χ0n) is 14.4. The predicted octanol–water partition coefficient (Wildman–Crippen LogP) is 2.80. The molecule has 1 heterocycles. The summed E-state index contributed by atoms with van der Waals surface area (Å²) in [6.07, 6.45) is 1.78. The summed E-state index contributed by atoms with van der Waals surface area (Å²) in [6, 6.07) is 10.2. The van der Waals surface area contributed by atoms with Crippen molar-refractivity contribution in [1.29, 1.82) is 0 Å². The summed E-state index contributed by atoms with van der Waals surface area (Å²) >= 11 is 0. The molecule has 0 bridgehead atoms. The van der Waals surface area contributed by atoms with E-state index in [-0.39, 0.29) is 29.6 Å². The highest BCUT2D eigenvalue weighted by Crippen LogP contribution is 2.19. The van der Waals surface area contributed by atoms with Crippen LogP contribution in [-0.4, -0.2) is 36.3 Å². The summed E-state index contributed by atoms with van der Waals surface area (Å²) < 4.78 is 0. The number of hydrogen-bond donors (Lipinski definition) is 1. The quantitative estimate of drug-likeness (QED) is 0.908. The van der Waals surface area contributed by atoms with Crippen LogP contribution in [0.25, 0.3) is 0 Å². The highest BCUT2D eigenvalue weighted by molar-refractivity contribution is 5.82. The lowest BCUT2D eigenvalue weighted by molar-refractivity contribution is -0.138. The number of amides is 2. The number of carbonyl (C=O) groups is 2. The van der Waals surface area contributed by atoms with Crippen LogP contribution in [0.2, 0.25) is 0 Å². The maximum Gasteiger partial charge on any atom is 0.225 e. The number of likely N-dealkylation sites (tertiary alicyclic amines) is 1. The Morgan fingerprint density at radius 3 is 2.57 bits per heavy atom. The van der Waals surface area contributed by atoms with Crippen LogP contribution in [0.1, 0.15) is 45.1 Å². The minimum absolute atomic E-state index is 0.00471. The second-order valence-corrected chi connectivity index (χ2v) is 6.83. The Hall–Kier alpha value is -1.84. The van der Waals surface area contributed by atoms with Gasteiger partial charge in [0.2, 0.25) is 11.8 Å². The van der Waals surface area contributed by atoms with E-state index in [1.54, 1.807) is 0 Å². The van der Waals surface area contributed by atoms with E-state index in [1.807, 2.05) is 36.9 Å². The average Bonchev–Trinajstić information content (AvgIpc) is 2.59. The number of hydrogen-bond acceptors (Lipinski definition) is 2. The van der Waals surface area contributed by atoms with Gasteiger partial charge in [-0.25, -0.2) is 0 Å². The van der Waals surface area contributed by atoms with E-state index in [1.165, 1.54) is 5.56 Å². The Bertz CT molecular complexity index is 527. The molecule has 0 saturated carbocycles. The molecule has 0 aliphatic carbocycles. The summed E-state index contributed by atoms with van der Waals surface area (Å²) in [7, 11) is 0. The minimum atomic E-state index is -0.0746. The fourth-order valence-electron chi connectivity index (χ4n) is 3.05. The van der Waals surface area contributed by atoms with Gasteiger partial charge in [-0.15, -0.1) is 0 Å². The van der Waals surface area contributed by atoms with E-state index in [2.05, 4.69) is 24.4 Å². The Morgan fingerprint density at radius 2 is 1.91 bits per heavy atom. The molecular weight excluding hydrogens is 288 g/mol. The van der Waals surface area contributed by atoms with Gasteiger partial charge >= 0.3 is 0 Å². The number of benzene rings is 1. The van der Waals surface area contributed by atoms with Crippen molar-refractivity contribution < 1.29 is 9.59 Å². The topological polar surface area (TPSA) is 49.4 Å². The maximum atomic E-state index is 12.4. The molecule has 1 aromatic carbocycles. The zero-order chi connectivity index (χ0) is 16.8. The van der Waals surface area contributed by atoms with Gasteiger partial charge in [0.25, 0.3) is 0 Å². The molecule has 1 aliphatic heterocycles. The van der Waals surface area contributed by atoms with E-state index in [9.17, 15) is 9.59 Å². The molecule has 23 heavy (non-hydrogen) atoms. The number of piperidine rings is 1. The minimum Gasteiger partial charge on any atom is -0.355 e. The average molecular weight is 316 g/mol. The summed E-state index contributed by atoms with van der Waals surface area (Å²) in [5.74, 6) is 0.440. The van der Waals surface area contributed by atoms with E-state index in [4.69, 9.17) is 0 Å². The fourth-order valence-corrected chi connectivity index (χ4v) is 3.05. The molecule has 1 aliphatic rings. The van der Waals surface area contributed by atoms with Gasteiger partial charge in [0.1, 0.15) is 0 Å². The van der Waals surface area contributed by atoms with Crippen molar-refractivity contribution in [2.75, 3.05) is 19.6 Å². The summed E-state index contributed by atoms with van der Waals surface area (Å²) in [6.45, 7) is 7.91. The fraction of sp³-hybridized carbons (Fsp3) is 0.579. The van der Waals surface area contributed by atoms with Gasteiger partial charge in [0.05, 0.1) is 5.92 Å². The van der Waals surface area contributed by atoms with Crippen LogP contribution in [0.4, 0.5) is 0 Å². The van der Waals surface area contributed by atoms with Crippen molar-refractivity contribution in [2.45, 2.75) is 39.5 Å². The van der Waals surface area contributed by atoms with Gasteiger partial charge in [-0.3, -0.25) is 9.59 Å². The zero-order valence-corrected chi connectivity index (χ0v) is 14.4. The van der Waals surface area contributed by atoms with E-state index >= 15 is 0 Å². The van der Waals surface area contributed by atoms with Crippen LogP contribution in [0.3, 0.4) is 0 Å². The lowest BCUT2D eigenvalue weighted by atomic mass is 9.95. The van der Waals surface area contributed by atoms with Gasteiger partial charge in [-0.1, -0.05) is 51.1 Å². The lowest BCUT2D eigenvalue weighted by Crippen LogP contribution is -2.47. The van der Waals surface area contributed by atoms with Gasteiger partial charge in [-0.2, -0.15) is 0 Å². The van der Waals surface area contributed by atoms with Crippen molar-refractivity contribution in [3.05, 3.63) is 35.9 Å². The number of carbonyl (C=O) groups excluding carboxylic acids is 2. The summed E-state index contributed by atoms with van der Waals surface area (Å²) in [5, 5.41) is 3.06. The molecule has 1 N–H and O–H groups in total. The van der Waals surface area contributed by atoms with Crippen LogP contribution < -0.4 is 5.32 Å². The van der Waals surface area contributed by atoms with Crippen LogP contribution in [0, 0.1) is 11.8 Å². The second-order valence-electron chi connectivity index (χ2n) is 6.83. The molecule has 1 saturated heterocycles. The molecule has 0 aromatic heterocycles. The monoisotopic (exact) mass is 316 g/mol. The van der Waals surface area contributed by atoms with Gasteiger partial charge < -0.3 is 10.2 Å². The molecule has 0 radical (unpaired) electrons. The van der Waals surface area contributed by atoms with Gasteiger partial charge in [-0.05, 0) is 24.3 Å². The van der Waals surface area contributed by atoms with Crippen molar-refractivity contribution in [1.82, 2.24) is 10.2 Å². The smallest absolute Gasteiger partial charge is 0.225 e. The molecule has 1 fully saturated rings. The molecular formula is C19H28N2O2. The Morgan fingerprint density at radius 1 is 1.22 bits per heavy atom. The van der Waals surface area contributed by atoms with E-state index in [0.717, 1.165) is 19.4 Å². The van der Waals surface area contributed by atoms with Crippen molar-refractivity contribution in [3.8, 4) is 0 Å². The molecule has 2 rings (SSSR count). The van der Waals surface area contributed by atoms with E-state index in [0.29, 0.717) is 13.1 Å². The van der Waals surface area contributed by atoms with Crippen LogP contribution in [-0.2, 0) is 9.59 Å². The highest BCUT2D eigenvalue weighted by atomic mass is 16.2. The first-order valence-electron chi connectivity index (χ1n) is 8.60. The number of nitrogens with zero attached hydrogens (tertiary/aromatic N) is 1. The Balaban J connectivity index is 1.84. The standard InChI is InChI=1S/C19H28N2O2/c1-14(2)19(23)21-11-7-10-17(13-21)18(22)20-12-15(3)16-8-5-4-6-9-16/h4-6,8-9,14-15,17H,7,10-13H2,1-3H3,(H,20,22)/t15-,17-/m0/s1. The first-order chi connectivity index (χ1) is 11.0. The first-order valence-corrected chi connectivity index (χ1v) is 8.60. The maximum absolute atomic E-state index is 12.4. The summed E-state index contributed by atoms with van der Waals surface area (Å²) in [5.41, 5.74) is 1.23. The Kier molecular flexibility index (Phi) is 6.20. The molecule has 4 nitrogen and oxygen atoms in total. The molecule has 4 heteroatoms. The predicted molar refractivity (Wildman–Crippen MR) is 92.0 cm³/mol. The molecule has 1 aromatic rings. The van der Waals surface area contributed by atoms with Crippen molar-refractivity contribution >= 4 is 11.8 Å². The third-order valence-electron chi connectivity index (χ3n) is 4.55. The van der Waals surface area contributed by atoms with Gasteiger partial charge in [0, 0.05) is 25.6 Å². The van der Waals surface area contributed by atoms with Crippen LogP contribution in [0.15, 0.2) is 30.3 Å². The van der Waals surface area contributed by atoms with E-state index < -0.39 is 0 Å². The molecule has 2 atom stereocenters. The number of nitrogens with one attached hydrogen (secondary N) is 1. The van der Waals surface area contributed by atoms with Crippen LogP contribution >= 0.6 is 0 Å². The molecule has 0 unspecified atom stereocenters. The van der Waals surface area contributed by atoms with Crippen molar-refractivity contribution in [2.24, 2.45) is 11.8 Å². The highest BCUT2D eigenvalue weighted by Gasteiger charge is 2.29. The molecule has 2 amide bonds. The van der Waals surface area contributed by atoms with Gasteiger partial charge in [0.15, 0.2) is 0 Å². The summed E-state index contributed by atoms with van der Waals surface area (Å²) in [4.78, 5) is 26.4. The van der Waals surface area contributed by atoms with Crippen LogP contribution in [0.5, 0.6) is 0 Å². The first kappa shape index (κ1) is 17.5. The number of rotatable bonds is 5. The third-order valence-corrected chi connectivity index (χ3v) is 4.55. The van der Waals surface area contributed by atoms with Crippen molar-refractivity contribution in [3.63, 3.8) is 0 Å². The normalized spacial score (nSPS) is 19.5. The second kappa shape index (κ2) is 8.14. The Labute approximate surface area is 139 Å². The molecule has 0 spiro atoms. The SMILES string of the molecule is CC(C)C(=O)N1CCC[C@H](C(=O)NC[C@H](C)c2ccccc2)C1. The largest absolute Gasteiger partial charge is 0.355 e. The third kappa shape index (κ3) is 4.81. The molecule has 126 valence electrons. The lowest BCUT2D eigenvalue weighted by Gasteiger charge is -2.33.